The number of nitrogens with zero attached hydrogens (tertiary/aromatic N) is 2. The lowest BCUT2D eigenvalue weighted by atomic mass is 9.61. The molecule has 2 aliphatic heterocycles. The zero-order chi connectivity index (χ0) is 20.1. The van der Waals surface area contributed by atoms with E-state index in [0.29, 0.717) is 10.0 Å². The lowest BCUT2D eigenvalue weighted by Crippen LogP contribution is -2.61. The molecule has 0 aromatic heterocycles. The second-order valence-electron chi connectivity index (χ2n) is 7.87. The van der Waals surface area contributed by atoms with Crippen LogP contribution in [0.5, 0.6) is 0 Å². The summed E-state index contributed by atoms with van der Waals surface area (Å²) in [5.74, 6) is -3.49. The van der Waals surface area contributed by atoms with Crippen LogP contribution in [0.1, 0.15) is 51.9 Å². The van der Waals surface area contributed by atoms with E-state index in [0.717, 1.165) is 44.1 Å². The molecule has 0 aromatic carbocycles. The van der Waals surface area contributed by atoms with E-state index >= 15 is 0 Å². The van der Waals surface area contributed by atoms with Crippen LogP contribution in [0.2, 0.25) is 0 Å². The number of amides is 6. The molecule has 0 spiro atoms. The summed E-state index contributed by atoms with van der Waals surface area (Å²) in [6, 6.07) is -1.05. The van der Waals surface area contributed by atoms with Crippen molar-refractivity contribution in [3.05, 3.63) is 23.8 Å². The molecule has 4 rings (SSSR count). The number of carbonyl (C=O) groups is 5. The van der Waals surface area contributed by atoms with E-state index in [2.05, 4.69) is 0 Å². The molecule has 4 aliphatic rings. The van der Waals surface area contributed by atoms with E-state index in [4.69, 9.17) is 0 Å². The number of allylic oxidation sites excluding steroid dienone is 2. The van der Waals surface area contributed by atoms with Crippen molar-refractivity contribution >= 4 is 29.7 Å². The highest BCUT2D eigenvalue weighted by atomic mass is 16.2. The highest BCUT2D eigenvalue weighted by Crippen LogP contribution is 2.54. The zero-order valence-corrected chi connectivity index (χ0v) is 15.8. The number of rotatable bonds is 3. The molecular weight excluding hydrogens is 362 g/mol. The second kappa shape index (κ2) is 6.68. The minimum atomic E-state index is -1.07. The smallest absolute Gasteiger partial charge is 0.276 e. The monoisotopic (exact) mass is 385 g/mol. The van der Waals surface area contributed by atoms with Crippen molar-refractivity contribution in [2.45, 2.75) is 51.9 Å². The molecule has 0 aromatic rings. The van der Waals surface area contributed by atoms with Gasteiger partial charge in [0, 0.05) is 0 Å². The third-order valence-electron chi connectivity index (χ3n) is 6.35. The van der Waals surface area contributed by atoms with Gasteiger partial charge in [0.2, 0.25) is 5.91 Å². The van der Waals surface area contributed by atoms with Crippen LogP contribution in [0.15, 0.2) is 23.8 Å². The van der Waals surface area contributed by atoms with Crippen molar-refractivity contribution in [2.75, 3.05) is 0 Å². The van der Waals surface area contributed by atoms with Gasteiger partial charge in [0.1, 0.15) is 6.42 Å². The van der Waals surface area contributed by atoms with Crippen molar-refractivity contribution in [3.8, 4) is 0 Å². The molecule has 28 heavy (non-hydrogen) atoms. The maximum Gasteiger partial charge on any atom is 0.350 e. The Labute approximate surface area is 162 Å². The number of imide groups is 3. The van der Waals surface area contributed by atoms with Gasteiger partial charge in [-0.1, -0.05) is 50.0 Å². The van der Waals surface area contributed by atoms with Gasteiger partial charge in [-0.05, 0) is 25.2 Å². The lowest BCUT2D eigenvalue weighted by molar-refractivity contribution is -0.167. The molecule has 6 amide bonds. The van der Waals surface area contributed by atoms with Gasteiger partial charge < -0.3 is 0 Å². The third-order valence-corrected chi connectivity index (χ3v) is 6.35. The molecule has 0 radical (unpaired) electrons. The van der Waals surface area contributed by atoms with Gasteiger partial charge in [0.15, 0.2) is 0 Å². The van der Waals surface area contributed by atoms with Crippen molar-refractivity contribution in [1.82, 2.24) is 15.3 Å². The van der Waals surface area contributed by atoms with E-state index in [9.17, 15) is 24.0 Å². The molecule has 8 nitrogen and oxygen atoms in total. The van der Waals surface area contributed by atoms with Crippen molar-refractivity contribution in [1.29, 1.82) is 0 Å². The maximum absolute atomic E-state index is 13.7. The molecule has 0 bridgehead atoms. The quantitative estimate of drug-likeness (QED) is 0.590. The largest absolute Gasteiger partial charge is 0.350 e. The summed E-state index contributed by atoms with van der Waals surface area (Å²) in [7, 11) is 0. The van der Waals surface area contributed by atoms with Gasteiger partial charge in [-0.2, -0.15) is 10.0 Å². The SMILES string of the molecule is CCC1=CC2(C3CCCCC3)C(=O)N(N3C(=O)CC(=O)NC3=O)C(=O)C2C=C1. The summed E-state index contributed by atoms with van der Waals surface area (Å²) in [4.78, 5) is 63.0. The first-order chi connectivity index (χ1) is 13.4. The number of barbiturate groups is 1. The zero-order valence-electron chi connectivity index (χ0n) is 15.8. The third kappa shape index (κ3) is 2.54. The van der Waals surface area contributed by atoms with Crippen LogP contribution in [0.25, 0.3) is 0 Å². The molecule has 8 heteroatoms. The molecule has 3 fully saturated rings. The fourth-order valence-electron chi connectivity index (χ4n) is 5.00. The Morgan fingerprint density at radius 2 is 1.79 bits per heavy atom. The molecule has 2 heterocycles. The van der Waals surface area contributed by atoms with E-state index in [-0.39, 0.29) is 5.92 Å². The number of urea groups is 1. The van der Waals surface area contributed by atoms with Crippen molar-refractivity contribution in [2.24, 2.45) is 17.3 Å². The summed E-state index contributed by atoms with van der Waals surface area (Å²) in [5.41, 5.74) is -0.103. The molecule has 2 atom stereocenters. The Morgan fingerprint density at radius 3 is 2.43 bits per heavy atom. The average Bonchev–Trinajstić information content (AvgIpc) is 2.90. The molecule has 2 aliphatic carbocycles. The first kappa shape index (κ1) is 18.6. The minimum absolute atomic E-state index is 0.0243. The molecular formula is C20H23N3O5. The highest BCUT2D eigenvalue weighted by Gasteiger charge is 2.64. The Morgan fingerprint density at radius 1 is 1.07 bits per heavy atom. The van der Waals surface area contributed by atoms with Gasteiger partial charge in [-0.3, -0.25) is 24.5 Å². The van der Waals surface area contributed by atoms with Gasteiger partial charge in [-0.15, -0.1) is 0 Å². The van der Waals surface area contributed by atoms with Gasteiger partial charge in [0.25, 0.3) is 17.7 Å². The number of hydrogen-bond donors (Lipinski definition) is 1. The fraction of sp³-hybridized carbons (Fsp3) is 0.550. The highest BCUT2D eigenvalue weighted by molar-refractivity contribution is 6.19. The van der Waals surface area contributed by atoms with Crippen LogP contribution in [0, 0.1) is 17.3 Å². The Hall–Kier alpha value is -2.77. The van der Waals surface area contributed by atoms with E-state index in [1.54, 1.807) is 6.08 Å². The van der Waals surface area contributed by atoms with Crippen LogP contribution in [0.4, 0.5) is 4.79 Å². The topological polar surface area (TPSA) is 104 Å². The predicted octanol–water partition coefficient (Wildman–Crippen LogP) is 1.83. The predicted molar refractivity (Wildman–Crippen MR) is 96.9 cm³/mol. The fourth-order valence-corrected chi connectivity index (χ4v) is 5.00. The molecule has 2 saturated heterocycles. The molecule has 1 N–H and O–H groups in total. The van der Waals surface area contributed by atoms with Gasteiger partial charge >= 0.3 is 6.03 Å². The molecule has 148 valence electrons. The van der Waals surface area contributed by atoms with Crippen LogP contribution in [-0.2, 0) is 19.2 Å². The number of carbonyl (C=O) groups excluding carboxylic acids is 5. The first-order valence-electron chi connectivity index (χ1n) is 9.85. The molecule has 2 unspecified atom stereocenters. The summed E-state index contributed by atoms with van der Waals surface area (Å²) in [6.45, 7) is 1.98. The Kier molecular flexibility index (Phi) is 4.44. The van der Waals surface area contributed by atoms with Gasteiger partial charge in [-0.25, -0.2) is 4.79 Å². The number of hydrogen-bond acceptors (Lipinski definition) is 5. The second-order valence-corrected chi connectivity index (χ2v) is 7.87. The van der Waals surface area contributed by atoms with Crippen molar-refractivity contribution < 1.29 is 24.0 Å². The number of fused-ring (bicyclic) bond motifs is 1. The summed E-state index contributed by atoms with van der Waals surface area (Å²) in [5, 5.41) is 3.22. The lowest BCUT2D eigenvalue weighted by Gasteiger charge is -2.40. The van der Waals surface area contributed by atoms with Crippen LogP contribution < -0.4 is 5.32 Å². The average molecular weight is 385 g/mol. The number of hydrazine groups is 1. The first-order valence-corrected chi connectivity index (χ1v) is 9.85. The normalized spacial score (nSPS) is 31.2. The van der Waals surface area contributed by atoms with E-state index in [1.165, 1.54) is 0 Å². The standard InChI is InChI=1S/C20H23N3O5/c1-2-12-8-9-14-17(26)23(22-16(25)10-15(24)21-19(22)28)18(27)20(14,11-12)13-6-4-3-5-7-13/h8-9,11,13-14H,2-7,10H2,1H3,(H,21,24,28). The summed E-state index contributed by atoms with van der Waals surface area (Å²) in [6.07, 6.45) is 10.3. The van der Waals surface area contributed by atoms with E-state index in [1.807, 2.05) is 24.4 Å². The van der Waals surface area contributed by atoms with E-state index < -0.39 is 47.4 Å². The van der Waals surface area contributed by atoms with Gasteiger partial charge in [0.05, 0.1) is 11.3 Å². The number of nitrogens with one attached hydrogen (secondary N) is 1. The molecule has 1 saturated carbocycles. The maximum atomic E-state index is 13.7. The van der Waals surface area contributed by atoms with Crippen LogP contribution in [0.3, 0.4) is 0 Å². The Balaban J connectivity index is 1.79. The van der Waals surface area contributed by atoms with Crippen LogP contribution in [-0.4, -0.2) is 39.7 Å². The van der Waals surface area contributed by atoms with Crippen molar-refractivity contribution in [3.63, 3.8) is 0 Å². The summed E-state index contributed by atoms with van der Waals surface area (Å²) < 4.78 is 0. The minimum Gasteiger partial charge on any atom is -0.276 e. The summed E-state index contributed by atoms with van der Waals surface area (Å²) >= 11 is 0. The van der Waals surface area contributed by atoms with Crippen LogP contribution >= 0.6 is 0 Å². The Bertz CT molecular complexity index is 819.